The number of rotatable bonds is 8. The molecule has 0 bridgehead atoms. The fourth-order valence-electron chi connectivity index (χ4n) is 3.74. The van der Waals surface area contributed by atoms with Gasteiger partial charge < -0.3 is 23.7 Å². The second-order valence-corrected chi connectivity index (χ2v) is 8.10. The largest absolute Gasteiger partial charge is 0.457 e. The van der Waals surface area contributed by atoms with Crippen LogP contribution in [0.25, 0.3) is 0 Å². The van der Waals surface area contributed by atoms with Gasteiger partial charge in [0.05, 0.1) is 11.1 Å². The average molecular weight is 510 g/mol. The van der Waals surface area contributed by atoms with Crippen LogP contribution in [0.4, 0.5) is 0 Å². The minimum atomic E-state index is -1.43. The topological polar surface area (TPSA) is 132 Å². The van der Waals surface area contributed by atoms with Gasteiger partial charge in [-0.2, -0.15) is 0 Å². The molecule has 0 aromatic heterocycles. The lowest BCUT2D eigenvalue weighted by molar-refractivity contribution is -0.184. The summed E-state index contributed by atoms with van der Waals surface area (Å²) in [4.78, 5) is 61.3. The number of hydrogen-bond donors (Lipinski definition) is 0. The van der Waals surface area contributed by atoms with Crippen LogP contribution in [0.15, 0.2) is 72.3 Å². The fraction of sp³-hybridized carbons (Fsp3) is 0.296. The van der Waals surface area contributed by atoms with Crippen molar-refractivity contribution in [2.75, 3.05) is 6.61 Å². The summed E-state index contributed by atoms with van der Waals surface area (Å²) in [5, 5.41) is 0. The van der Waals surface area contributed by atoms with Crippen molar-refractivity contribution in [1.29, 1.82) is 0 Å². The molecule has 0 spiro atoms. The monoisotopic (exact) mass is 510 g/mol. The maximum atomic E-state index is 12.9. The maximum Gasteiger partial charge on any atom is 0.338 e. The first-order valence-electron chi connectivity index (χ1n) is 11.4. The second-order valence-electron chi connectivity index (χ2n) is 8.10. The molecule has 4 atom stereocenters. The Morgan fingerprint density at radius 1 is 0.622 bits per heavy atom. The van der Waals surface area contributed by atoms with E-state index in [-0.39, 0.29) is 16.7 Å². The molecule has 0 radical (unpaired) electrons. The minimum Gasteiger partial charge on any atom is -0.457 e. The molecule has 0 saturated heterocycles. The number of carbonyl (C=O) groups is 5. The molecule has 0 amide bonds. The summed E-state index contributed by atoms with van der Waals surface area (Å²) in [5.74, 6) is -3.66. The van der Waals surface area contributed by atoms with Gasteiger partial charge in [0.1, 0.15) is 6.61 Å². The van der Waals surface area contributed by atoms with Crippen LogP contribution < -0.4 is 0 Å². The zero-order valence-electron chi connectivity index (χ0n) is 20.4. The van der Waals surface area contributed by atoms with Gasteiger partial charge >= 0.3 is 29.8 Å². The number of ether oxygens (including phenoxy) is 5. The zero-order valence-corrected chi connectivity index (χ0v) is 20.4. The van der Waals surface area contributed by atoms with Crippen LogP contribution in [0.1, 0.15) is 41.5 Å². The smallest absolute Gasteiger partial charge is 0.338 e. The molecule has 0 fully saturated rings. The Morgan fingerprint density at radius 2 is 1.14 bits per heavy atom. The van der Waals surface area contributed by atoms with Crippen molar-refractivity contribution in [3.63, 3.8) is 0 Å². The van der Waals surface area contributed by atoms with Crippen molar-refractivity contribution in [1.82, 2.24) is 0 Å². The first-order chi connectivity index (χ1) is 17.7. The highest BCUT2D eigenvalue weighted by atomic mass is 16.6. The highest BCUT2D eigenvalue weighted by Gasteiger charge is 2.48. The number of esters is 5. The van der Waals surface area contributed by atoms with E-state index in [1.807, 2.05) is 0 Å². The van der Waals surface area contributed by atoms with Gasteiger partial charge in [-0.15, -0.1) is 0 Å². The van der Waals surface area contributed by atoms with Gasteiger partial charge in [-0.3, -0.25) is 14.4 Å². The summed E-state index contributed by atoms with van der Waals surface area (Å²) in [6, 6.07) is 16.2. The van der Waals surface area contributed by atoms with Crippen molar-refractivity contribution < 1.29 is 47.7 Å². The lowest BCUT2D eigenvalue weighted by atomic mass is 9.88. The Morgan fingerprint density at radius 3 is 1.65 bits per heavy atom. The molecule has 0 saturated carbocycles. The van der Waals surface area contributed by atoms with Gasteiger partial charge in [-0.1, -0.05) is 36.4 Å². The molecule has 0 unspecified atom stereocenters. The van der Waals surface area contributed by atoms with E-state index in [1.54, 1.807) is 48.5 Å². The summed E-state index contributed by atoms with van der Waals surface area (Å²) < 4.78 is 27.2. The van der Waals surface area contributed by atoms with E-state index in [1.165, 1.54) is 18.2 Å². The molecule has 3 rings (SSSR count). The van der Waals surface area contributed by atoms with E-state index >= 15 is 0 Å². The molecule has 2 aromatic rings. The lowest BCUT2D eigenvalue weighted by Crippen LogP contribution is -2.55. The zero-order chi connectivity index (χ0) is 26.9. The van der Waals surface area contributed by atoms with Crippen molar-refractivity contribution in [3.8, 4) is 0 Å². The standard InChI is InChI=1S/C27H26O10/c1-16(28)34-22-14-21(15-33-26(31)19-10-6-4-7-11-19)23(35-17(2)29)25(24(22)36-18(3)30)37-27(32)20-12-8-5-9-13-20/h4-14,22-25H,15H2,1-3H3/t22-,23+,24-,25-/m1/s1. The summed E-state index contributed by atoms with van der Waals surface area (Å²) in [7, 11) is 0. The Kier molecular flexibility index (Phi) is 9.15. The Labute approximate surface area is 213 Å². The first kappa shape index (κ1) is 27.1. The Bertz CT molecular complexity index is 1170. The van der Waals surface area contributed by atoms with Crippen LogP contribution in [0.3, 0.4) is 0 Å². The van der Waals surface area contributed by atoms with Crippen molar-refractivity contribution in [2.45, 2.75) is 45.2 Å². The van der Waals surface area contributed by atoms with Crippen LogP contribution in [-0.4, -0.2) is 60.9 Å². The Balaban J connectivity index is 1.99. The lowest BCUT2D eigenvalue weighted by Gasteiger charge is -2.39. The maximum absolute atomic E-state index is 12.9. The molecule has 194 valence electrons. The molecule has 37 heavy (non-hydrogen) atoms. The van der Waals surface area contributed by atoms with Crippen LogP contribution in [0, 0.1) is 0 Å². The summed E-state index contributed by atoms with van der Waals surface area (Å²) in [6.07, 6.45) is -3.97. The molecule has 0 aliphatic heterocycles. The fourth-order valence-corrected chi connectivity index (χ4v) is 3.74. The van der Waals surface area contributed by atoms with Gasteiger partial charge in [0.2, 0.25) is 0 Å². The predicted octanol–water partition coefficient (Wildman–Crippen LogP) is 2.80. The number of benzene rings is 2. The number of carbonyl (C=O) groups excluding carboxylic acids is 5. The van der Waals surface area contributed by atoms with Crippen LogP contribution in [0.5, 0.6) is 0 Å². The SMILES string of the molecule is CC(=O)O[C@H]1[C@H](OC(=O)c2ccccc2)[C@@H](OC(C)=O)C(COC(=O)c2ccccc2)=C[C@H]1OC(C)=O. The van der Waals surface area contributed by atoms with Crippen LogP contribution >= 0.6 is 0 Å². The summed E-state index contributed by atoms with van der Waals surface area (Å²) >= 11 is 0. The van der Waals surface area contributed by atoms with Crippen molar-refractivity contribution >= 4 is 29.8 Å². The quantitative estimate of drug-likeness (QED) is 0.297. The van der Waals surface area contributed by atoms with Crippen molar-refractivity contribution in [2.24, 2.45) is 0 Å². The van der Waals surface area contributed by atoms with Gasteiger partial charge in [-0.05, 0) is 30.3 Å². The van der Waals surface area contributed by atoms with Crippen molar-refractivity contribution in [3.05, 3.63) is 83.4 Å². The first-order valence-corrected chi connectivity index (χ1v) is 11.4. The normalized spacial score (nSPS) is 20.6. The molecular weight excluding hydrogens is 484 g/mol. The molecule has 1 aliphatic rings. The van der Waals surface area contributed by atoms with Crippen LogP contribution in [0.2, 0.25) is 0 Å². The van der Waals surface area contributed by atoms with E-state index in [0.29, 0.717) is 0 Å². The Hall–Kier alpha value is -4.47. The van der Waals surface area contributed by atoms with Gasteiger partial charge in [-0.25, -0.2) is 9.59 Å². The second kappa shape index (κ2) is 12.5. The van der Waals surface area contributed by atoms with E-state index in [2.05, 4.69) is 0 Å². The van der Waals surface area contributed by atoms with E-state index in [9.17, 15) is 24.0 Å². The molecule has 0 heterocycles. The molecular formula is C27H26O10. The predicted molar refractivity (Wildman–Crippen MR) is 127 cm³/mol. The van der Waals surface area contributed by atoms with E-state index in [4.69, 9.17) is 23.7 Å². The molecule has 0 N–H and O–H groups in total. The summed E-state index contributed by atoms with van der Waals surface area (Å²) in [6.45, 7) is 3.03. The molecule has 10 nitrogen and oxygen atoms in total. The average Bonchev–Trinajstić information content (AvgIpc) is 2.86. The molecule has 1 aliphatic carbocycles. The third-order valence-corrected chi connectivity index (χ3v) is 5.22. The minimum absolute atomic E-state index is 0.167. The highest BCUT2D eigenvalue weighted by Crippen LogP contribution is 2.31. The van der Waals surface area contributed by atoms with E-state index in [0.717, 1.165) is 20.8 Å². The van der Waals surface area contributed by atoms with Gasteiger partial charge in [0, 0.05) is 26.3 Å². The van der Waals surface area contributed by atoms with Gasteiger partial charge in [0.15, 0.2) is 24.4 Å². The van der Waals surface area contributed by atoms with E-state index < -0.39 is 60.9 Å². The van der Waals surface area contributed by atoms with Crippen LogP contribution in [-0.2, 0) is 38.1 Å². The molecule has 10 heteroatoms. The molecule has 2 aromatic carbocycles. The third kappa shape index (κ3) is 7.50. The van der Waals surface area contributed by atoms with Gasteiger partial charge in [0.25, 0.3) is 0 Å². The third-order valence-electron chi connectivity index (χ3n) is 5.22. The number of hydrogen-bond acceptors (Lipinski definition) is 10. The highest BCUT2D eigenvalue weighted by molar-refractivity contribution is 5.90. The summed E-state index contributed by atoms with van der Waals surface area (Å²) in [5.41, 5.74) is 0.630.